The van der Waals surface area contributed by atoms with Crippen molar-refractivity contribution in [2.75, 3.05) is 26.6 Å². The van der Waals surface area contributed by atoms with Gasteiger partial charge in [0.1, 0.15) is 11.6 Å². The molecule has 3 rings (SSSR count). The molecule has 9 heteroatoms. The van der Waals surface area contributed by atoms with E-state index in [1.54, 1.807) is 24.3 Å². The zero-order chi connectivity index (χ0) is 20.8. The van der Waals surface area contributed by atoms with E-state index in [4.69, 9.17) is 18.6 Å². The van der Waals surface area contributed by atoms with Crippen LogP contribution in [0.5, 0.6) is 17.2 Å². The Morgan fingerprint density at radius 2 is 1.97 bits per heavy atom. The molecule has 2 aromatic heterocycles. The summed E-state index contributed by atoms with van der Waals surface area (Å²) in [4.78, 5) is 21.0. The molecular formula is C20H18N4O5. The molecule has 0 saturated carbocycles. The van der Waals surface area contributed by atoms with E-state index >= 15 is 0 Å². The van der Waals surface area contributed by atoms with Crippen LogP contribution in [0.2, 0.25) is 0 Å². The van der Waals surface area contributed by atoms with Crippen molar-refractivity contribution in [1.29, 1.82) is 5.26 Å². The summed E-state index contributed by atoms with van der Waals surface area (Å²) in [6.45, 7) is 0. The van der Waals surface area contributed by atoms with Crippen molar-refractivity contribution in [3.05, 3.63) is 47.9 Å². The number of ether oxygens (including phenoxy) is 3. The molecule has 1 aromatic carbocycles. The molecule has 0 aliphatic heterocycles. The molecule has 0 bridgehead atoms. The van der Waals surface area contributed by atoms with Gasteiger partial charge in [0.25, 0.3) is 0 Å². The SMILES string of the molecule is COc1ccc(CC(=O)Nc2nc(-c3ccco3)ncc2C#N)c(OC)c1OC. The predicted molar refractivity (Wildman–Crippen MR) is 103 cm³/mol. The lowest BCUT2D eigenvalue weighted by molar-refractivity contribution is -0.115. The molecular weight excluding hydrogens is 376 g/mol. The first-order valence-corrected chi connectivity index (χ1v) is 8.50. The molecule has 1 N–H and O–H groups in total. The van der Waals surface area contributed by atoms with Crippen LogP contribution in [0.25, 0.3) is 11.6 Å². The summed E-state index contributed by atoms with van der Waals surface area (Å²) < 4.78 is 21.2. The van der Waals surface area contributed by atoms with Crippen molar-refractivity contribution in [3.8, 4) is 34.9 Å². The van der Waals surface area contributed by atoms with E-state index < -0.39 is 5.91 Å². The Labute approximate surface area is 166 Å². The maximum atomic E-state index is 12.6. The number of hydrogen-bond donors (Lipinski definition) is 1. The van der Waals surface area contributed by atoms with Gasteiger partial charge in [-0.1, -0.05) is 6.07 Å². The van der Waals surface area contributed by atoms with Crippen molar-refractivity contribution < 1.29 is 23.4 Å². The predicted octanol–water partition coefficient (Wildman–Crippen LogP) is 2.82. The second-order valence-electron chi connectivity index (χ2n) is 5.76. The molecule has 0 radical (unpaired) electrons. The van der Waals surface area contributed by atoms with Crippen LogP contribution in [-0.4, -0.2) is 37.2 Å². The smallest absolute Gasteiger partial charge is 0.230 e. The zero-order valence-corrected chi connectivity index (χ0v) is 16.1. The molecule has 2 heterocycles. The normalized spacial score (nSPS) is 10.1. The van der Waals surface area contributed by atoms with Crippen LogP contribution >= 0.6 is 0 Å². The third-order valence-electron chi connectivity index (χ3n) is 4.05. The fraction of sp³-hybridized carbons (Fsp3) is 0.200. The highest BCUT2D eigenvalue weighted by Gasteiger charge is 2.19. The number of carbonyl (C=O) groups is 1. The highest BCUT2D eigenvalue weighted by Crippen LogP contribution is 2.40. The van der Waals surface area contributed by atoms with E-state index in [2.05, 4.69) is 15.3 Å². The minimum Gasteiger partial charge on any atom is -0.493 e. The lowest BCUT2D eigenvalue weighted by atomic mass is 10.1. The fourth-order valence-corrected chi connectivity index (χ4v) is 2.74. The second kappa shape index (κ2) is 8.75. The lowest BCUT2D eigenvalue weighted by Gasteiger charge is -2.15. The van der Waals surface area contributed by atoms with Crippen LogP contribution in [0, 0.1) is 11.3 Å². The van der Waals surface area contributed by atoms with Crippen molar-refractivity contribution in [3.63, 3.8) is 0 Å². The topological polar surface area (TPSA) is 120 Å². The summed E-state index contributed by atoms with van der Waals surface area (Å²) in [5.41, 5.74) is 0.717. The molecule has 29 heavy (non-hydrogen) atoms. The van der Waals surface area contributed by atoms with Crippen molar-refractivity contribution in [2.24, 2.45) is 0 Å². The first-order chi connectivity index (χ1) is 14.1. The molecule has 0 atom stereocenters. The van der Waals surface area contributed by atoms with Gasteiger partial charge in [-0.15, -0.1) is 0 Å². The van der Waals surface area contributed by atoms with Crippen LogP contribution in [0.3, 0.4) is 0 Å². The number of furan rings is 1. The summed E-state index contributed by atoms with van der Waals surface area (Å²) in [5.74, 6) is 1.65. The number of hydrogen-bond acceptors (Lipinski definition) is 8. The van der Waals surface area contributed by atoms with E-state index in [0.29, 0.717) is 28.6 Å². The summed E-state index contributed by atoms with van der Waals surface area (Å²) in [6, 6.07) is 8.73. The monoisotopic (exact) mass is 394 g/mol. The Morgan fingerprint density at radius 3 is 2.59 bits per heavy atom. The van der Waals surface area contributed by atoms with Gasteiger partial charge in [-0.2, -0.15) is 5.26 Å². The zero-order valence-electron chi connectivity index (χ0n) is 16.1. The maximum absolute atomic E-state index is 12.6. The van der Waals surface area contributed by atoms with Crippen LogP contribution < -0.4 is 19.5 Å². The minimum absolute atomic E-state index is 0.0332. The second-order valence-corrected chi connectivity index (χ2v) is 5.76. The van der Waals surface area contributed by atoms with Gasteiger partial charge in [0.15, 0.2) is 28.9 Å². The number of anilines is 1. The van der Waals surface area contributed by atoms with Gasteiger partial charge in [0.2, 0.25) is 11.7 Å². The standard InChI is InChI=1S/C20H18N4O5/c1-26-14-7-6-12(17(27-2)18(14)28-3)9-16(25)23-19-13(10-21)11-22-20(24-19)15-5-4-8-29-15/h4-8,11H,9H2,1-3H3,(H,22,23,24,25). The van der Waals surface area contributed by atoms with Gasteiger partial charge >= 0.3 is 0 Å². The Hall–Kier alpha value is -4.06. The first-order valence-electron chi connectivity index (χ1n) is 8.50. The van der Waals surface area contributed by atoms with Crippen molar-refractivity contribution in [1.82, 2.24) is 9.97 Å². The fourth-order valence-electron chi connectivity index (χ4n) is 2.74. The van der Waals surface area contributed by atoms with Crippen LogP contribution in [0.15, 0.2) is 41.1 Å². The molecule has 1 amide bonds. The quantitative estimate of drug-likeness (QED) is 0.650. The summed E-state index contributed by atoms with van der Waals surface area (Å²) >= 11 is 0. The number of nitrogens with one attached hydrogen (secondary N) is 1. The van der Waals surface area contributed by atoms with Crippen LogP contribution in [-0.2, 0) is 11.2 Å². The Balaban J connectivity index is 1.86. The minimum atomic E-state index is -0.392. The highest BCUT2D eigenvalue weighted by atomic mass is 16.5. The van der Waals surface area contributed by atoms with E-state index in [-0.39, 0.29) is 23.6 Å². The molecule has 9 nitrogen and oxygen atoms in total. The Kier molecular flexibility index (Phi) is 5.94. The number of aromatic nitrogens is 2. The van der Waals surface area contributed by atoms with E-state index in [1.807, 2.05) is 6.07 Å². The van der Waals surface area contributed by atoms with Crippen LogP contribution in [0.4, 0.5) is 5.82 Å². The van der Waals surface area contributed by atoms with Gasteiger partial charge in [0.05, 0.1) is 40.2 Å². The molecule has 0 saturated heterocycles. The average molecular weight is 394 g/mol. The number of benzene rings is 1. The third kappa shape index (κ3) is 4.11. The largest absolute Gasteiger partial charge is 0.493 e. The molecule has 0 unspecified atom stereocenters. The Morgan fingerprint density at radius 1 is 1.17 bits per heavy atom. The third-order valence-corrected chi connectivity index (χ3v) is 4.05. The number of nitrogens with zero attached hydrogens (tertiary/aromatic N) is 3. The lowest BCUT2D eigenvalue weighted by Crippen LogP contribution is -2.17. The Bertz CT molecular complexity index is 1060. The number of rotatable bonds is 7. The van der Waals surface area contributed by atoms with E-state index in [1.165, 1.54) is 33.8 Å². The summed E-state index contributed by atoms with van der Waals surface area (Å²) in [7, 11) is 4.48. The van der Waals surface area contributed by atoms with Crippen molar-refractivity contribution in [2.45, 2.75) is 6.42 Å². The molecule has 0 fully saturated rings. The summed E-state index contributed by atoms with van der Waals surface area (Å²) in [6.07, 6.45) is 2.78. The molecule has 0 aliphatic carbocycles. The van der Waals surface area contributed by atoms with Crippen LogP contribution in [0.1, 0.15) is 11.1 Å². The van der Waals surface area contributed by atoms with E-state index in [0.717, 1.165) is 0 Å². The number of methoxy groups -OCH3 is 3. The van der Waals surface area contributed by atoms with Gasteiger partial charge in [-0.05, 0) is 18.2 Å². The number of carbonyl (C=O) groups excluding carboxylic acids is 1. The highest BCUT2D eigenvalue weighted by molar-refractivity contribution is 5.93. The number of amides is 1. The van der Waals surface area contributed by atoms with Gasteiger partial charge in [0, 0.05) is 5.56 Å². The molecule has 0 aliphatic rings. The first kappa shape index (κ1) is 19.7. The van der Waals surface area contributed by atoms with Gasteiger partial charge in [-0.3, -0.25) is 4.79 Å². The summed E-state index contributed by atoms with van der Waals surface area (Å²) in [5, 5.41) is 11.9. The average Bonchev–Trinajstić information content (AvgIpc) is 3.28. The molecule has 3 aromatic rings. The van der Waals surface area contributed by atoms with Crippen molar-refractivity contribution >= 4 is 11.7 Å². The maximum Gasteiger partial charge on any atom is 0.230 e. The van der Waals surface area contributed by atoms with Gasteiger partial charge < -0.3 is 23.9 Å². The molecule has 0 spiro atoms. The molecule has 148 valence electrons. The number of nitriles is 1. The van der Waals surface area contributed by atoms with E-state index in [9.17, 15) is 10.1 Å². The van der Waals surface area contributed by atoms with Gasteiger partial charge in [-0.25, -0.2) is 9.97 Å².